The molecule has 3 aromatic heterocycles. The molecule has 3 heterocycles. The molecule has 0 saturated carbocycles. The van der Waals surface area contributed by atoms with Crippen molar-refractivity contribution < 1.29 is 4.42 Å². The summed E-state index contributed by atoms with van der Waals surface area (Å²) in [5.74, 6) is 0.373. The molecule has 96 valence electrons. The van der Waals surface area contributed by atoms with Crippen LogP contribution in [0.4, 0.5) is 5.82 Å². The van der Waals surface area contributed by atoms with Gasteiger partial charge in [0.05, 0.1) is 6.54 Å². The smallest absolute Gasteiger partial charge is 0.406 e. The van der Waals surface area contributed by atoms with Gasteiger partial charge in [-0.1, -0.05) is 6.07 Å². The predicted octanol–water partition coefficient (Wildman–Crippen LogP) is 1.47. The van der Waals surface area contributed by atoms with Crippen LogP contribution in [0.1, 0.15) is 5.56 Å². The molecule has 0 radical (unpaired) electrons. The fourth-order valence-electron chi connectivity index (χ4n) is 1.89. The number of aromatic nitrogens is 3. The highest BCUT2D eigenvalue weighted by Gasteiger charge is 2.10. The highest BCUT2D eigenvalue weighted by molar-refractivity contribution is 5.67. The summed E-state index contributed by atoms with van der Waals surface area (Å²) < 4.78 is 6.62. The summed E-state index contributed by atoms with van der Waals surface area (Å²) in [5.41, 5.74) is 1.95. The molecule has 6 nitrogen and oxygen atoms in total. The third-order valence-electron chi connectivity index (χ3n) is 2.85. The Hall–Kier alpha value is -2.63. The number of anilines is 1. The Kier molecular flexibility index (Phi) is 2.75. The van der Waals surface area contributed by atoms with Crippen LogP contribution in [-0.2, 0) is 6.54 Å². The number of nitrogens with zero attached hydrogens (tertiary/aromatic N) is 3. The van der Waals surface area contributed by atoms with Crippen LogP contribution in [0.5, 0.6) is 0 Å². The number of rotatable bonds is 3. The van der Waals surface area contributed by atoms with Gasteiger partial charge in [-0.05, 0) is 23.8 Å². The molecule has 3 rings (SSSR count). The van der Waals surface area contributed by atoms with Gasteiger partial charge in [-0.2, -0.15) is 0 Å². The molecule has 19 heavy (non-hydrogen) atoms. The lowest BCUT2D eigenvalue weighted by Gasteiger charge is -2.03. The van der Waals surface area contributed by atoms with Crippen molar-refractivity contribution in [2.24, 2.45) is 0 Å². The Balaban J connectivity index is 2.00. The molecule has 0 aliphatic rings. The van der Waals surface area contributed by atoms with Crippen LogP contribution >= 0.6 is 0 Å². The second-order valence-electron chi connectivity index (χ2n) is 4.08. The zero-order valence-electron chi connectivity index (χ0n) is 10.3. The first-order valence-corrected chi connectivity index (χ1v) is 5.85. The molecular weight excluding hydrogens is 244 g/mol. The summed E-state index contributed by atoms with van der Waals surface area (Å²) in [5, 5.41) is 2.94. The van der Waals surface area contributed by atoms with Gasteiger partial charge >= 0.3 is 5.76 Å². The number of pyridine rings is 2. The van der Waals surface area contributed by atoms with Crippen LogP contribution in [0.3, 0.4) is 0 Å². The van der Waals surface area contributed by atoms with Crippen LogP contribution in [0.25, 0.3) is 11.2 Å². The second kappa shape index (κ2) is 4.56. The first-order valence-electron chi connectivity index (χ1n) is 5.85. The third kappa shape index (κ3) is 2.08. The normalized spacial score (nSPS) is 10.8. The van der Waals surface area contributed by atoms with Crippen LogP contribution in [0, 0.1) is 0 Å². The number of nitrogens with one attached hydrogen (secondary N) is 1. The SMILES string of the molecule is CNc1ccc(Cn2c(=O)oc3cccnc32)cn1. The summed E-state index contributed by atoms with van der Waals surface area (Å²) in [6.45, 7) is 0.389. The monoisotopic (exact) mass is 256 g/mol. The largest absolute Gasteiger partial charge is 0.421 e. The van der Waals surface area contributed by atoms with Gasteiger partial charge in [0.25, 0.3) is 0 Å². The van der Waals surface area contributed by atoms with E-state index in [9.17, 15) is 4.79 Å². The van der Waals surface area contributed by atoms with E-state index in [4.69, 9.17) is 4.42 Å². The third-order valence-corrected chi connectivity index (χ3v) is 2.85. The maximum atomic E-state index is 11.8. The van der Waals surface area contributed by atoms with Crippen LogP contribution in [0.15, 0.2) is 45.9 Å². The Labute approximate surface area is 108 Å². The van der Waals surface area contributed by atoms with E-state index in [0.29, 0.717) is 17.8 Å². The summed E-state index contributed by atoms with van der Waals surface area (Å²) >= 11 is 0. The van der Waals surface area contributed by atoms with E-state index in [1.54, 1.807) is 31.6 Å². The van der Waals surface area contributed by atoms with Gasteiger partial charge < -0.3 is 9.73 Å². The molecule has 0 aliphatic heterocycles. The molecule has 3 aromatic rings. The maximum Gasteiger partial charge on any atom is 0.421 e. The molecule has 0 atom stereocenters. The van der Waals surface area contributed by atoms with Gasteiger partial charge in [-0.25, -0.2) is 14.8 Å². The molecule has 6 heteroatoms. The van der Waals surface area contributed by atoms with Crippen LogP contribution in [-0.4, -0.2) is 21.6 Å². The lowest BCUT2D eigenvalue weighted by atomic mass is 10.3. The fourth-order valence-corrected chi connectivity index (χ4v) is 1.89. The standard InChI is InChI=1S/C13H12N4O2/c1-14-11-5-4-9(7-16-11)8-17-12-10(19-13(17)18)3-2-6-15-12/h2-7H,8H2,1H3,(H,14,16). The topological polar surface area (TPSA) is 73.0 Å². The number of hydrogen-bond acceptors (Lipinski definition) is 5. The van der Waals surface area contributed by atoms with Crippen molar-refractivity contribution in [1.29, 1.82) is 0 Å². The van der Waals surface area contributed by atoms with Crippen LogP contribution < -0.4 is 11.1 Å². The minimum Gasteiger partial charge on any atom is -0.406 e. The zero-order valence-corrected chi connectivity index (χ0v) is 10.3. The molecule has 1 N–H and O–H groups in total. The Morgan fingerprint density at radius 1 is 1.32 bits per heavy atom. The van der Waals surface area contributed by atoms with E-state index in [0.717, 1.165) is 11.4 Å². The average molecular weight is 256 g/mol. The highest BCUT2D eigenvalue weighted by atomic mass is 16.4. The Bertz CT molecular complexity index is 758. The molecule has 0 unspecified atom stereocenters. The van der Waals surface area contributed by atoms with Gasteiger partial charge in [-0.3, -0.25) is 4.57 Å². The summed E-state index contributed by atoms with van der Waals surface area (Å²) in [4.78, 5) is 20.2. The van der Waals surface area contributed by atoms with E-state index < -0.39 is 5.76 Å². The first-order chi connectivity index (χ1) is 9.28. The van der Waals surface area contributed by atoms with Crippen molar-refractivity contribution >= 4 is 17.0 Å². The Morgan fingerprint density at radius 2 is 2.21 bits per heavy atom. The summed E-state index contributed by atoms with van der Waals surface area (Å²) in [7, 11) is 1.81. The summed E-state index contributed by atoms with van der Waals surface area (Å²) in [6, 6.07) is 7.23. The minimum atomic E-state index is -0.411. The van der Waals surface area contributed by atoms with Gasteiger partial charge in [0.2, 0.25) is 0 Å². The second-order valence-corrected chi connectivity index (χ2v) is 4.08. The highest BCUT2D eigenvalue weighted by Crippen LogP contribution is 2.11. The Morgan fingerprint density at radius 3 is 2.95 bits per heavy atom. The summed E-state index contributed by atoms with van der Waals surface area (Å²) in [6.07, 6.45) is 3.36. The molecule has 0 amide bonds. The lowest BCUT2D eigenvalue weighted by molar-refractivity contribution is 0.517. The molecule has 0 aromatic carbocycles. The molecule has 0 bridgehead atoms. The van der Waals surface area contributed by atoms with E-state index in [1.807, 2.05) is 12.1 Å². The number of oxazole rings is 1. The quantitative estimate of drug-likeness (QED) is 0.768. The van der Waals surface area contributed by atoms with Crippen molar-refractivity contribution in [3.05, 3.63) is 52.8 Å². The van der Waals surface area contributed by atoms with Gasteiger partial charge in [0.15, 0.2) is 11.2 Å². The molecule has 0 fully saturated rings. The maximum absolute atomic E-state index is 11.8. The van der Waals surface area contributed by atoms with Crippen LogP contribution in [0.2, 0.25) is 0 Å². The number of hydrogen-bond donors (Lipinski definition) is 1. The molecule has 0 spiro atoms. The van der Waals surface area contributed by atoms with E-state index in [2.05, 4.69) is 15.3 Å². The predicted molar refractivity (Wildman–Crippen MR) is 71.2 cm³/mol. The van der Waals surface area contributed by atoms with Crippen molar-refractivity contribution in [3.8, 4) is 0 Å². The van der Waals surface area contributed by atoms with E-state index in [1.165, 1.54) is 4.57 Å². The van der Waals surface area contributed by atoms with Crippen molar-refractivity contribution in [2.45, 2.75) is 6.54 Å². The van der Waals surface area contributed by atoms with E-state index >= 15 is 0 Å². The zero-order chi connectivity index (χ0) is 13.2. The first kappa shape index (κ1) is 11.5. The van der Waals surface area contributed by atoms with Gasteiger partial charge in [-0.15, -0.1) is 0 Å². The van der Waals surface area contributed by atoms with Crippen molar-refractivity contribution in [2.75, 3.05) is 12.4 Å². The lowest BCUT2D eigenvalue weighted by Crippen LogP contribution is -2.15. The van der Waals surface area contributed by atoms with E-state index in [-0.39, 0.29) is 0 Å². The molecular formula is C13H12N4O2. The average Bonchev–Trinajstić information content (AvgIpc) is 2.76. The fraction of sp³-hybridized carbons (Fsp3) is 0.154. The number of fused-ring (bicyclic) bond motifs is 1. The van der Waals surface area contributed by atoms with Crippen molar-refractivity contribution in [1.82, 2.24) is 14.5 Å². The van der Waals surface area contributed by atoms with Gasteiger partial charge in [0.1, 0.15) is 5.82 Å². The van der Waals surface area contributed by atoms with Crippen molar-refractivity contribution in [3.63, 3.8) is 0 Å². The molecule has 0 aliphatic carbocycles. The van der Waals surface area contributed by atoms with Gasteiger partial charge in [0, 0.05) is 19.4 Å². The molecule has 0 saturated heterocycles. The minimum absolute atomic E-state index is 0.389.